The van der Waals surface area contributed by atoms with Crippen molar-refractivity contribution in [3.05, 3.63) is 53.6 Å². The van der Waals surface area contributed by atoms with E-state index in [9.17, 15) is 4.79 Å². The fourth-order valence-electron chi connectivity index (χ4n) is 3.59. The molecule has 2 aliphatic heterocycles. The largest absolute Gasteiger partial charge is 0.486 e. The lowest BCUT2D eigenvalue weighted by molar-refractivity contribution is -0.122. The third kappa shape index (κ3) is 3.15. The zero-order chi connectivity index (χ0) is 18.1. The van der Waals surface area contributed by atoms with Crippen LogP contribution >= 0.6 is 0 Å². The lowest BCUT2D eigenvalue weighted by Gasteiger charge is -2.29. The summed E-state index contributed by atoms with van der Waals surface area (Å²) in [5, 5.41) is 0. The predicted molar refractivity (Wildman–Crippen MR) is 101 cm³/mol. The van der Waals surface area contributed by atoms with Crippen LogP contribution in [0.2, 0.25) is 0 Å². The Morgan fingerprint density at radius 3 is 2.77 bits per heavy atom. The molecule has 0 saturated carbocycles. The van der Waals surface area contributed by atoms with Gasteiger partial charge in [0.05, 0.1) is 6.04 Å². The van der Waals surface area contributed by atoms with E-state index in [0.29, 0.717) is 19.8 Å². The molecule has 1 atom stereocenters. The molecule has 0 unspecified atom stereocenters. The van der Waals surface area contributed by atoms with Crippen LogP contribution in [0.5, 0.6) is 11.5 Å². The number of hydrogen-bond donors (Lipinski definition) is 0. The van der Waals surface area contributed by atoms with Gasteiger partial charge in [-0.1, -0.05) is 24.3 Å². The van der Waals surface area contributed by atoms with Gasteiger partial charge in [0, 0.05) is 18.8 Å². The molecule has 2 heterocycles. The standard InChI is InChI=1S/C21H24N2O3/c1-15(21(24)23-10-9-17-5-3-4-6-18(17)23)22(2)14-16-7-8-19-20(13-16)26-12-11-25-19/h3-8,13,15H,9-12,14H2,1-2H3/t15-/m0/s1. The molecule has 5 heteroatoms. The maximum atomic E-state index is 13.0. The molecule has 4 rings (SSSR count). The van der Waals surface area contributed by atoms with Crippen molar-refractivity contribution in [3.63, 3.8) is 0 Å². The second-order valence-electron chi connectivity index (χ2n) is 6.94. The number of ether oxygens (including phenoxy) is 2. The van der Waals surface area contributed by atoms with E-state index >= 15 is 0 Å². The van der Waals surface area contributed by atoms with Crippen molar-refractivity contribution in [2.45, 2.75) is 25.9 Å². The Morgan fingerprint density at radius 1 is 1.15 bits per heavy atom. The highest BCUT2D eigenvalue weighted by atomic mass is 16.6. The van der Waals surface area contributed by atoms with Crippen molar-refractivity contribution in [3.8, 4) is 11.5 Å². The molecule has 1 amide bonds. The summed E-state index contributed by atoms with van der Waals surface area (Å²) in [6.07, 6.45) is 0.931. The van der Waals surface area contributed by atoms with Crippen LogP contribution in [-0.4, -0.2) is 43.7 Å². The molecule has 0 aromatic heterocycles. The Morgan fingerprint density at radius 2 is 1.92 bits per heavy atom. The van der Waals surface area contributed by atoms with Gasteiger partial charge in [0.15, 0.2) is 11.5 Å². The number of carbonyl (C=O) groups is 1. The Balaban J connectivity index is 1.45. The first-order chi connectivity index (χ1) is 12.6. The Labute approximate surface area is 154 Å². The van der Waals surface area contributed by atoms with E-state index in [1.807, 2.05) is 55.3 Å². The van der Waals surface area contributed by atoms with Crippen molar-refractivity contribution in [1.82, 2.24) is 4.90 Å². The Kier molecular flexibility index (Phi) is 4.55. The van der Waals surface area contributed by atoms with E-state index in [0.717, 1.165) is 35.7 Å². The second-order valence-corrected chi connectivity index (χ2v) is 6.94. The van der Waals surface area contributed by atoms with E-state index in [4.69, 9.17) is 9.47 Å². The van der Waals surface area contributed by atoms with Gasteiger partial charge >= 0.3 is 0 Å². The third-order valence-electron chi connectivity index (χ3n) is 5.21. The number of fused-ring (bicyclic) bond motifs is 2. The fraction of sp³-hybridized carbons (Fsp3) is 0.381. The van der Waals surface area contributed by atoms with Crippen LogP contribution < -0.4 is 14.4 Å². The Hall–Kier alpha value is -2.53. The molecule has 2 aromatic rings. The summed E-state index contributed by atoms with van der Waals surface area (Å²) in [5.41, 5.74) is 3.41. The van der Waals surface area contributed by atoms with Crippen LogP contribution in [0.4, 0.5) is 5.69 Å². The maximum Gasteiger partial charge on any atom is 0.244 e. The second kappa shape index (κ2) is 7.00. The summed E-state index contributed by atoms with van der Waals surface area (Å²) in [5.74, 6) is 1.73. The molecule has 0 saturated heterocycles. The number of para-hydroxylation sites is 1. The monoisotopic (exact) mass is 352 g/mol. The normalized spacial score (nSPS) is 16.5. The molecular weight excluding hydrogens is 328 g/mol. The first-order valence-electron chi connectivity index (χ1n) is 9.11. The van der Waals surface area contributed by atoms with E-state index < -0.39 is 0 Å². The van der Waals surface area contributed by atoms with Gasteiger partial charge < -0.3 is 14.4 Å². The zero-order valence-electron chi connectivity index (χ0n) is 15.3. The first-order valence-corrected chi connectivity index (χ1v) is 9.11. The summed E-state index contributed by atoms with van der Waals surface area (Å²) in [4.78, 5) is 17.0. The number of amides is 1. The van der Waals surface area contributed by atoms with Gasteiger partial charge in [0.1, 0.15) is 13.2 Å². The summed E-state index contributed by atoms with van der Waals surface area (Å²) in [6, 6.07) is 14.0. The highest BCUT2D eigenvalue weighted by molar-refractivity contribution is 5.98. The summed E-state index contributed by atoms with van der Waals surface area (Å²) in [7, 11) is 1.99. The number of nitrogens with zero attached hydrogens (tertiary/aromatic N) is 2. The van der Waals surface area contributed by atoms with Crippen molar-refractivity contribution >= 4 is 11.6 Å². The summed E-state index contributed by atoms with van der Waals surface area (Å²) < 4.78 is 11.2. The van der Waals surface area contributed by atoms with E-state index in [1.165, 1.54) is 5.56 Å². The molecule has 0 spiro atoms. The zero-order valence-corrected chi connectivity index (χ0v) is 15.3. The number of benzene rings is 2. The Bertz CT molecular complexity index is 821. The van der Waals surface area contributed by atoms with E-state index in [1.54, 1.807) is 0 Å². The molecule has 0 N–H and O–H groups in total. The van der Waals surface area contributed by atoms with Gasteiger partial charge in [0.25, 0.3) is 0 Å². The van der Waals surface area contributed by atoms with Gasteiger partial charge in [-0.2, -0.15) is 0 Å². The highest BCUT2D eigenvalue weighted by Gasteiger charge is 2.29. The van der Waals surface area contributed by atoms with E-state index in [2.05, 4.69) is 11.0 Å². The fourth-order valence-corrected chi connectivity index (χ4v) is 3.59. The minimum atomic E-state index is -0.200. The lowest BCUT2D eigenvalue weighted by Crippen LogP contribution is -2.45. The summed E-state index contributed by atoms with van der Waals surface area (Å²) >= 11 is 0. The van der Waals surface area contributed by atoms with Gasteiger partial charge in [-0.05, 0) is 49.7 Å². The molecule has 2 aliphatic rings. The number of likely N-dealkylation sites (N-methyl/N-ethyl adjacent to an activating group) is 1. The first kappa shape index (κ1) is 16.9. The molecule has 26 heavy (non-hydrogen) atoms. The van der Waals surface area contributed by atoms with Gasteiger partial charge in [-0.25, -0.2) is 0 Å². The quantitative estimate of drug-likeness (QED) is 0.849. The van der Waals surface area contributed by atoms with Crippen molar-refractivity contribution in [1.29, 1.82) is 0 Å². The smallest absolute Gasteiger partial charge is 0.244 e. The number of anilines is 1. The van der Waals surface area contributed by atoms with E-state index in [-0.39, 0.29) is 11.9 Å². The minimum Gasteiger partial charge on any atom is -0.486 e. The van der Waals surface area contributed by atoms with Gasteiger partial charge in [0.2, 0.25) is 5.91 Å². The van der Waals surface area contributed by atoms with Crippen molar-refractivity contribution in [2.24, 2.45) is 0 Å². The molecular formula is C21H24N2O3. The van der Waals surface area contributed by atoms with Gasteiger partial charge in [-0.15, -0.1) is 0 Å². The molecule has 136 valence electrons. The molecule has 0 radical (unpaired) electrons. The maximum absolute atomic E-state index is 13.0. The molecule has 0 bridgehead atoms. The van der Waals surface area contributed by atoms with Crippen LogP contribution in [0.3, 0.4) is 0 Å². The lowest BCUT2D eigenvalue weighted by atomic mass is 10.1. The number of rotatable bonds is 4. The highest BCUT2D eigenvalue weighted by Crippen LogP contribution is 2.32. The van der Waals surface area contributed by atoms with Crippen LogP contribution in [0.25, 0.3) is 0 Å². The average Bonchev–Trinajstić information content (AvgIpc) is 3.11. The molecule has 0 fully saturated rings. The molecule has 0 aliphatic carbocycles. The number of carbonyl (C=O) groups excluding carboxylic acids is 1. The summed E-state index contributed by atoms with van der Waals surface area (Å²) in [6.45, 7) is 4.59. The average molecular weight is 352 g/mol. The number of hydrogen-bond acceptors (Lipinski definition) is 4. The molecule has 2 aromatic carbocycles. The predicted octanol–water partition coefficient (Wildman–Crippen LogP) is 2.87. The SMILES string of the molecule is C[C@@H](C(=O)N1CCc2ccccc21)N(C)Cc1ccc2c(c1)OCCO2. The van der Waals surface area contributed by atoms with Crippen LogP contribution in [0.15, 0.2) is 42.5 Å². The third-order valence-corrected chi connectivity index (χ3v) is 5.21. The van der Waals surface area contributed by atoms with Crippen molar-refractivity contribution < 1.29 is 14.3 Å². The van der Waals surface area contributed by atoms with Crippen molar-refractivity contribution in [2.75, 3.05) is 31.7 Å². The minimum absolute atomic E-state index is 0.148. The van der Waals surface area contributed by atoms with Crippen LogP contribution in [0, 0.1) is 0 Å². The molecule has 5 nitrogen and oxygen atoms in total. The van der Waals surface area contributed by atoms with Crippen LogP contribution in [0.1, 0.15) is 18.1 Å². The van der Waals surface area contributed by atoms with Gasteiger partial charge in [-0.3, -0.25) is 9.69 Å². The van der Waals surface area contributed by atoms with Crippen LogP contribution in [-0.2, 0) is 17.8 Å². The topological polar surface area (TPSA) is 42.0 Å².